The van der Waals surface area contributed by atoms with Gasteiger partial charge < -0.3 is 19.2 Å². The second-order valence-electron chi connectivity index (χ2n) is 9.01. The van der Waals surface area contributed by atoms with E-state index < -0.39 is 5.72 Å². The van der Waals surface area contributed by atoms with E-state index in [2.05, 4.69) is 69.9 Å². The predicted molar refractivity (Wildman–Crippen MR) is 117 cm³/mol. The van der Waals surface area contributed by atoms with Gasteiger partial charge in [-0.2, -0.15) is 0 Å². The number of hydrogen-bond donors (Lipinski definition) is 1. The molecule has 0 radical (unpaired) electrons. The summed E-state index contributed by atoms with van der Waals surface area (Å²) in [6, 6.07) is 17.0. The largest absolute Gasteiger partial charge is 0.348 e. The fourth-order valence-corrected chi connectivity index (χ4v) is 6.42. The molecular weight excluding hydrogens is 374 g/mol. The number of nitrogens with one attached hydrogen (secondary N) is 1. The minimum atomic E-state index is -0.399. The van der Waals surface area contributed by atoms with Crippen LogP contribution in [0.25, 0.3) is 43.6 Å². The maximum atomic E-state index is 13.1. The van der Waals surface area contributed by atoms with E-state index in [9.17, 15) is 4.79 Å². The fourth-order valence-electron chi connectivity index (χ4n) is 6.42. The van der Waals surface area contributed by atoms with Crippen molar-refractivity contribution in [3.05, 3.63) is 59.7 Å². The van der Waals surface area contributed by atoms with Crippen molar-refractivity contribution < 1.29 is 9.53 Å². The Hall–Kier alpha value is -3.31. The number of nitrogens with zero attached hydrogens (tertiary/aromatic N) is 2. The van der Waals surface area contributed by atoms with Gasteiger partial charge in [0.15, 0.2) is 0 Å². The molecule has 3 aliphatic heterocycles. The lowest BCUT2D eigenvalue weighted by Gasteiger charge is -2.27. The van der Waals surface area contributed by atoms with Gasteiger partial charge in [-0.15, -0.1) is 0 Å². The molecule has 2 atom stereocenters. The molecule has 2 bridgehead atoms. The first-order valence-electron chi connectivity index (χ1n) is 10.6. The van der Waals surface area contributed by atoms with Crippen LogP contribution in [0.1, 0.15) is 41.9 Å². The number of fused-ring (bicyclic) bond motifs is 13. The Bertz CT molecular complexity index is 1620. The van der Waals surface area contributed by atoms with Crippen LogP contribution in [-0.4, -0.2) is 15.0 Å². The fraction of sp³-hybridized carbons (Fsp3) is 0.240. The Kier molecular flexibility index (Phi) is 2.43. The lowest BCUT2D eigenvalue weighted by atomic mass is 9.97. The summed E-state index contributed by atoms with van der Waals surface area (Å²) < 4.78 is 11.6. The van der Waals surface area contributed by atoms with E-state index in [4.69, 9.17) is 4.74 Å². The van der Waals surface area contributed by atoms with Crippen LogP contribution in [0.3, 0.4) is 0 Å². The van der Waals surface area contributed by atoms with Crippen LogP contribution >= 0.6 is 0 Å². The molecule has 146 valence electrons. The van der Waals surface area contributed by atoms with E-state index in [-0.39, 0.29) is 12.1 Å². The van der Waals surface area contributed by atoms with E-state index >= 15 is 0 Å². The molecule has 8 rings (SSSR count). The molecule has 30 heavy (non-hydrogen) atoms. The third-order valence-electron chi connectivity index (χ3n) is 7.52. The van der Waals surface area contributed by atoms with Crippen molar-refractivity contribution in [3.63, 3.8) is 0 Å². The van der Waals surface area contributed by atoms with Crippen molar-refractivity contribution in [2.75, 3.05) is 0 Å². The zero-order valence-corrected chi connectivity index (χ0v) is 16.5. The predicted octanol–water partition coefficient (Wildman–Crippen LogP) is 5.14. The molecule has 1 amide bonds. The lowest BCUT2D eigenvalue weighted by Crippen LogP contribution is -2.28. The number of ether oxygens (including phenoxy) is 1. The molecule has 2 aromatic heterocycles. The standard InChI is InChI=1S/C25H19N3O2/c1-25-11-10-18(30-25)27-16-8-4-2-6-13(16)20-21-15(12-26-24(21)29)19-14-7-3-5-9-17(14)28(25)23(19)22(20)27/h2-9,18H,10-12H2,1H3,(H,26,29)/t18-,25-/m0/s1. The molecule has 1 N–H and O–H groups in total. The second-order valence-corrected chi connectivity index (χ2v) is 9.01. The van der Waals surface area contributed by atoms with Gasteiger partial charge in [-0.1, -0.05) is 36.4 Å². The average molecular weight is 393 g/mol. The topological polar surface area (TPSA) is 48.2 Å². The highest BCUT2D eigenvalue weighted by atomic mass is 16.5. The molecule has 3 aromatic carbocycles. The molecule has 1 saturated heterocycles. The van der Waals surface area contributed by atoms with Gasteiger partial charge >= 0.3 is 0 Å². The lowest BCUT2D eigenvalue weighted by molar-refractivity contribution is -0.100. The quantitative estimate of drug-likeness (QED) is 0.396. The first-order chi connectivity index (χ1) is 14.7. The monoisotopic (exact) mass is 393 g/mol. The van der Waals surface area contributed by atoms with Gasteiger partial charge in [0.1, 0.15) is 12.0 Å². The zero-order chi connectivity index (χ0) is 19.8. The number of amides is 1. The van der Waals surface area contributed by atoms with Gasteiger partial charge in [-0.25, -0.2) is 0 Å². The molecule has 5 heteroatoms. The number of hydrogen-bond acceptors (Lipinski definition) is 2. The van der Waals surface area contributed by atoms with Crippen LogP contribution in [-0.2, 0) is 17.0 Å². The van der Waals surface area contributed by atoms with E-state index in [0.717, 1.165) is 45.8 Å². The molecular formula is C25H19N3O2. The molecule has 0 aliphatic carbocycles. The minimum Gasteiger partial charge on any atom is -0.348 e. The second kappa shape index (κ2) is 4.71. The average Bonchev–Trinajstić information content (AvgIpc) is 3.47. The summed E-state index contributed by atoms with van der Waals surface area (Å²) >= 11 is 0. The molecule has 5 aromatic rings. The van der Waals surface area contributed by atoms with Crippen LogP contribution in [0, 0.1) is 0 Å². The summed E-state index contributed by atoms with van der Waals surface area (Å²) in [7, 11) is 0. The third kappa shape index (κ3) is 1.48. The summed E-state index contributed by atoms with van der Waals surface area (Å²) in [5, 5.41) is 7.73. The number of carbonyl (C=O) groups excluding carboxylic acids is 1. The number of para-hydroxylation sites is 2. The maximum Gasteiger partial charge on any atom is 0.252 e. The molecule has 0 spiro atoms. The SMILES string of the molecule is C[C@@]12CC[C@H](O1)n1c3ccccc3c3c4c(c5c6ccccc6n2c5c31)CNC4=O. The van der Waals surface area contributed by atoms with E-state index in [1.165, 1.54) is 21.8 Å². The minimum absolute atomic E-state index is 0.0261. The van der Waals surface area contributed by atoms with Gasteiger partial charge in [-0.3, -0.25) is 4.79 Å². The van der Waals surface area contributed by atoms with E-state index in [1.807, 2.05) is 0 Å². The molecule has 5 nitrogen and oxygen atoms in total. The van der Waals surface area contributed by atoms with E-state index in [1.54, 1.807) is 0 Å². The Morgan fingerprint density at radius 1 is 1.00 bits per heavy atom. The number of aromatic nitrogens is 2. The molecule has 0 saturated carbocycles. The smallest absolute Gasteiger partial charge is 0.252 e. The molecule has 5 heterocycles. The van der Waals surface area contributed by atoms with Crippen molar-refractivity contribution in [2.24, 2.45) is 0 Å². The van der Waals surface area contributed by atoms with Gasteiger partial charge in [0.05, 0.1) is 27.6 Å². The summed E-state index contributed by atoms with van der Waals surface area (Å²) in [6.45, 7) is 2.80. The van der Waals surface area contributed by atoms with E-state index in [0.29, 0.717) is 6.54 Å². The Morgan fingerprint density at radius 3 is 2.57 bits per heavy atom. The molecule has 3 aliphatic rings. The van der Waals surface area contributed by atoms with Crippen molar-refractivity contribution in [3.8, 4) is 0 Å². The van der Waals surface area contributed by atoms with Crippen LogP contribution in [0.15, 0.2) is 48.5 Å². The zero-order valence-electron chi connectivity index (χ0n) is 16.5. The summed E-state index contributed by atoms with van der Waals surface area (Å²) in [6.07, 6.45) is 1.90. The van der Waals surface area contributed by atoms with Crippen LogP contribution < -0.4 is 5.32 Å². The van der Waals surface area contributed by atoms with Gasteiger partial charge in [0.2, 0.25) is 0 Å². The van der Waals surface area contributed by atoms with Gasteiger partial charge in [-0.05, 0) is 37.5 Å². The molecule has 1 fully saturated rings. The van der Waals surface area contributed by atoms with Crippen LogP contribution in [0.5, 0.6) is 0 Å². The number of benzene rings is 3. The highest BCUT2D eigenvalue weighted by Gasteiger charge is 2.45. The first kappa shape index (κ1) is 15.5. The van der Waals surface area contributed by atoms with Gasteiger partial charge in [0, 0.05) is 28.1 Å². The Balaban J connectivity index is 1.82. The first-order valence-corrected chi connectivity index (χ1v) is 10.6. The summed E-state index contributed by atoms with van der Waals surface area (Å²) in [5.41, 5.74) is 6.26. The molecule has 0 unspecified atom stereocenters. The Morgan fingerprint density at radius 2 is 1.73 bits per heavy atom. The summed E-state index contributed by atoms with van der Waals surface area (Å²) in [5.74, 6) is 0.0353. The normalized spacial score (nSPS) is 24.4. The van der Waals surface area contributed by atoms with Crippen molar-refractivity contribution in [1.29, 1.82) is 0 Å². The number of carbonyl (C=O) groups is 1. The van der Waals surface area contributed by atoms with Crippen LogP contribution in [0.4, 0.5) is 0 Å². The van der Waals surface area contributed by atoms with Gasteiger partial charge in [0.25, 0.3) is 5.91 Å². The van der Waals surface area contributed by atoms with Crippen molar-refractivity contribution in [1.82, 2.24) is 14.5 Å². The number of rotatable bonds is 0. The highest BCUT2D eigenvalue weighted by Crippen LogP contribution is 2.54. The van der Waals surface area contributed by atoms with Crippen molar-refractivity contribution in [2.45, 2.75) is 38.3 Å². The summed E-state index contributed by atoms with van der Waals surface area (Å²) in [4.78, 5) is 13.1. The van der Waals surface area contributed by atoms with Crippen LogP contribution in [0.2, 0.25) is 0 Å². The third-order valence-corrected chi connectivity index (χ3v) is 7.52. The Labute approximate surface area is 171 Å². The van der Waals surface area contributed by atoms with Crippen molar-refractivity contribution >= 4 is 49.5 Å². The maximum absolute atomic E-state index is 13.1. The highest BCUT2D eigenvalue weighted by molar-refractivity contribution is 6.30.